The van der Waals surface area contributed by atoms with E-state index in [4.69, 9.17) is 21.6 Å². The Balaban J connectivity index is 1.29. The first-order valence-electron chi connectivity index (χ1n) is 15.2. The Morgan fingerprint density at radius 1 is 1.04 bits per heavy atom. The van der Waals surface area contributed by atoms with Crippen molar-refractivity contribution in [2.75, 3.05) is 18.4 Å². The number of nitrogens with zero attached hydrogens (tertiary/aromatic N) is 4. The number of rotatable bonds is 9. The molecule has 4 aromatic rings. The van der Waals surface area contributed by atoms with E-state index in [1.807, 2.05) is 4.57 Å². The minimum atomic E-state index is -0.923. The molecule has 2 aromatic carbocycles. The number of amides is 1. The first-order valence-corrected chi connectivity index (χ1v) is 15.6. The molecule has 2 fully saturated rings. The topological polar surface area (TPSA) is 134 Å². The molecule has 10 nitrogen and oxygen atoms in total. The van der Waals surface area contributed by atoms with E-state index >= 15 is 0 Å². The van der Waals surface area contributed by atoms with E-state index in [1.54, 1.807) is 24.4 Å². The van der Waals surface area contributed by atoms with Gasteiger partial charge < -0.3 is 25.6 Å². The number of hydrogen-bond acceptors (Lipinski definition) is 7. The third kappa shape index (κ3) is 6.91. The standard InChI is InChI=1S/C32H34ClF2N7O3/c33-23-13-20(30(43)40-26-6-2-1-5-22(26)31(44)45)8-9-21(23)28-39-27-16-38-32(37-15-18-7-10-24(34)25(35)12-18)41-29(27)42(28)17-19-4-3-11-36-14-19/h7-10,12-13,16,19,22,26,36H,1-6,11,14-15,17H2,(H,40,43)(H,44,45)(H,37,38,41)/t19-,22-,26-/m1/s1. The van der Waals surface area contributed by atoms with Crippen molar-refractivity contribution < 1.29 is 23.5 Å². The average molecular weight is 638 g/mol. The SMILES string of the molecule is O=C(N[C@@H]1CCCC[C@H]1C(=O)O)c1ccc(-c2nc3cnc(NCc4ccc(F)c(F)c4)nc3n2C[C@@H]2CCCNC2)c(Cl)c1. The zero-order valence-corrected chi connectivity index (χ0v) is 25.3. The fourth-order valence-corrected chi connectivity index (χ4v) is 6.50. The summed E-state index contributed by atoms with van der Waals surface area (Å²) in [6.45, 7) is 2.63. The predicted octanol–water partition coefficient (Wildman–Crippen LogP) is 5.41. The van der Waals surface area contributed by atoms with Crippen molar-refractivity contribution in [1.82, 2.24) is 30.2 Å². The monoisotopic (exact) mass is 637 g/mol. The normalized spacial score (nSPS) is 20.2. The van der Waals surface area contributed by atoms with Gasteiger partial charge in [-0.15, -0.1) is 0 Å². The van der Waals surface area contributed by atoms with Crippen LogP contribution in [-0.2, 0) is 17.9 Å². The second-order valence-electron chi connectivity index (χ2n) is 11.8. The summed E-state index contributed by atoms with van der Waals surface area (Å²) in [5.41, 5.74) is 2.64. The van der Waals surface area contributed by atoms with Gasteiger partial charge in [0.25, 0.3) is 5.91 Å². The van der Waals surface area contributed by atoms with Crippen LogP contribution < -0.4 is 16.0 Å². The smallest absolute Gasteiger partial charge is 0.308 e. The largest absolute Gasteiger partial charge is 0.481 e. The van der Waals surface area contributed by atoms with Gasteiger partial charge in [-0.25, -0.2) is 18.7 Å². The second-order valence-corrected chi connectivity index (χ2v) is 12.2. The number of nitrogens with one attached hydrogen (secondary N) is 3. The molecule has 2 aliphatic rings. The van der Waals surface area contributed by atoms with Crippen LogP contribution in [0, 0.1) is 23.5 Å². The predicted molar refractivity (Wildman–Crippen MR) is 166 cm³/mol. The lowest BCUT2D eigenvalue weighted by Gasteiger charge is -2.29. The van der Waals surface area contributed by atoms with Gasteiger partial charge in [-0.05, 0) is 80.6 Å². The molecule has 0 radical (unpaired) electrons. The highest BCUT2D eigenvalue weighted by molar-refractivity contribution is 6.33. The summed E-state index contributed by atoms with van der Waals surface area (Å²) in [6.07, 6.45) is 6.55. The van der Waals surface area contributed by atoms with Gasteiger partial charge >= 0.3 is 5.97 Å². The Hall–Kier alpha value is -4.16. The second kappa shape index (κ2) is 13.5. The van der Waals surface area contributed by atoms with Crippen LogP contribution in [0.4, 0.5) is 14.7 Å². The molecule has 45 heavy (non-hydrogen) atoms. The Labute approximate surface area is 263 Å². The quantitative estimate of drug-likeness (QED) is 0.191. The van der Waals surface area contributed by atoms with Gasteiger partial charge in [0, 0.05) is 30.3 Å². The van der Waals surface area contributed by atoms with Gasteiger partial charge in [-0.3, -0.25) is 9.59 Å². The fraction of sp³-hybridized carbons (Fsp3) is 0.406. The molecule has 1 saturated carbocycles. The zero-order valence-electron chi connectivity index (χ0n) is 24.5. The third-order valence-corrected chi connectivity index (χ3v) is 8.95. The van der Waals surface area contributed by atoms with E-state index in [-0.39, 0.29) is 12.5 Å². The molecule has 1 amide bonds. The molecule has 1 saturated heterocycles. The van der Waals surface area contributed by atoms with Crippen molar-refractivity contribution in [3.05, 3.63) is 70.4 Å². The summed E-state index contributed by atoms with van der Waals surface area (Å²) in [4.78, 5) is 38.8. The molecule has 3 atom stereocenters. The number of anilines is 1. The molecule has 0 bridgehead atoms. The Kier molecular flexibility index (Phi) is 9.22. The number of imidazole rings is 1. The lowest BCUT2D eigenvalue weighted by atomic mass is 9.84. The highest BCUT2D eigenvalue weighted by atomic mass is 35.5. The van der Waals surface area contributed by atoms with Gasteiger partial charge in [0.1, 0.15) is 11.3 Å². The van der Waals surface area contributed by atoms with Gasteiger partial charge in [-0.1, -0.05) is 30.5 Å². The molecule has 1 aliphatic heterocycles. The Bertz CT molecular complexity index is 1730. The summed E-state index contributed by atoms with van der Waals surface area (Å²) in [5, 5.41) is 19.4. The molecule has 2 aromatic heterocycles. The molecule has 3 heterocycles. The third-order valence-electron chi connectivity index (χ3n) is 8.63. The highest BCUT2D eigenvalue weighted by Gasteiger charge is 2.32. The first-order chi connectivity index (χ1) is 21.8. The van der Waals surface area contributed by atoms with Crippen molar-refractivity contribution >= 4 is 40.6 Å². The molecular formula is C32H34ClF2N7O3. The molecule has 13 heteroatoms. The van der Waals surface area contributed by atoms with E-state index in [9.17, 15) is 23.5 Å². The van der Waals surface area contributed by atoms with Crippen LogP contribution in [0.1, 0.15) is 54.4 Å². The molecule has 4 N–H and O–H groups in total. The molecular weight excluding hydrogens is 604 g/mol. The maximum absolute atomic E-state index is 13.7. The number of fused-ring (bicyclic) bond motifs is 1. The highest BCUT2D eigenvalue weighted by Crippen LogP contribution is 2.33. The summed E-state index contributed by atoms with van der Waals surface area (Å²) >= 11 is 6.80. The van der Waals surface area contributed by atoms with Gasteiger partial charge in [0.05, 0.1) is 17.1 Å². The number of carboxylic acid groups (broad SMARTS) is 1. The van der Waals surface area contributed by atoms with Crippen molar-refractivity contribution in [3.8, 4) is 11.4 Å². The number of carbonyl (C=O) groups excluding carboxylic acids is 1. The number of piperidine rings is 1. The van der Waals surface area contributed by atoms with Crippen molar-refractivity contribution in [1.29, 1.82) is 0 Å². The molecule has 1 aliphatic carbocycles. The van der Waals surface area contributed by atoms with Crippen LogP contribution >= 0.6 is 11.6 Å². The minimum Gasteiger partial charge on any atom is -0.481 e. The van der Waals surface area contributed by atoms with Crippen LogP contribution in [0.25, 0.3) is 22.6 Å². The van der Waals surface area contributed by atoms with Crippen molar-refractivity contribution in [2.45, 2.75) is 57.7 Å². The molecule has 0 spiro atoms. The van der Waals surface area contributed by atoms with E-state index < -0.39 is 29.6 Å². The maximum atomic E-state index is 13.7. The summed E-state index contributed by atoms with van der Waals surface area (Å²) < 4.78 is 29.1. The van der Waals surface area contributed by atoms with E-state index in [0.29, 0.717) is 70.0 Å². The number of carboxylic acids is 1. The lowest BCUT2D eigenvalue weighted by molar-refractivity contribution is -0.143. The molecule has 236 valence electrons. The first kappa shape index (κ1) is 30.8. The van der Waals surface area contributed by atoms with Crippen LogP contribution in [0.2, 0.25) is 5.02 Å². The number of carbonyl (C=O) groups is 2. The Morgan fingerprint density at radius 3 is 2.64 bits per heavy atom. The maximum Gasteiger partial charge on any atom is 0.308 e. The van der Waals surface area contributed by atoms with Crippen molar-refractivity contribution in [2.24, 2.45) is 11.8 Å². The van der Waals surface area contributed by atoms with Gasteiger partial charge in [0.2, 0.25) is 5.95 Å². The van der Waals surface area contributed by atoms with E-state index in [2.05, 4.69) is 20.9 Å². The van der Waals surface area contributed by atoms with Crippen LogP contribution in [0.5, 0.6) is 0 Å². The number of benzene rings is 2. The van der Waals surface area contributed by atoms with Gasteiger partial charge in [0.15, 0.2) is 17.3 Å². The summed E-state index contributed by atoms with van der Waals surface area (Å²) in [7, 11) is 0. The summed E-state index contributed by atoms with van der Waals surface area (Å²) in [5.74, 6) is -2.49. The average Bonchev–Trinajstić information content (AvgIpc) is 3.39. The van der Waals surface area contributed by atoms with Crippen LogP contribution in [-0.4, -0.2) is 55.6 Å². The van der Waals surface area contributed by atoms with E-state index in [0.717, 1.165) is 50.9 Å². The van der Waals surface area contributed by atoms with Gasteiger partial charge in [-0.2, -0.15) is 4.98 Å². The number of hydrogen-bond donors (Lipinski definition) is 4. The van der Waals surface area contributed by atoms with Crippen LogP contribution in [0.15, 0.2) is 42.6 Å². The van der Waals surface area contributed by atoms with Crippen LogP contribution in [0.3, 0.4) is 0 Å². The molecule has 0 unspecified atom stereocenters. The van der Waals surface area contributed by atoms with Crippen molar-refractivity contribution in [3.63, 3.8) is 0 Å². The molecule has 6 rings (SSSR count). The lowest BCUT2D eigenvalue weighted by Crippen LogP contribution is -2.45. The fourth-order valence-electron chi connectivity index (χ4n) is 6.24. The van der Waals surface area contributed by atoms with E-state index in [1.165, 1.54) is 6.07 Å². The summed E-state index contributed by atoms with van der Waals surface area (Å²) in [6, 6.07) is 8.27. The zero-order chi connectivity index (χ0) is 31.5. The number of aromatic nitrogens is 4. The number of halogens is 3. The Morgan fingerprint density at radius 2 is 1.89 bits per heavy atom. The minimum absolute atomic E-state index is 0.194. The number of aliphatic carboxylic acids is 1.